The molecule has 0 saturated heterocycles. The third-order valence-electron chi connectivity index (χ3n) is 4.85. The van der Waals surface area contributed by atoms with Crippen LogP contribution in [0, 0.1) is 28.8 Å². The maximum absolute atomic E-state index is 14.7. The van der Waals surface area contributed by atoms with Crippen LogP contribution in [0.4, 0.5) is 18.9 Å². The number of nitrogens with two attached hydrogens (primary N) is 1. The summed E-state index contributed by atoms with van der Waals surface area (Å²) < 4.78 is 52.9. The summed E-state index contributed by atoms with van der Waals surface area (Å²) in [6, 6.07) is 11.0. The molecule has 1 heterocycles. The molecule has 0 spiro atoms. The van der Waals surface area contributed by atoms with E-state index in [1.165, 1.54) is 0 Å². The van der Waals surface area contributed by atoms with Gasteiger partial charge in [0.05, 0.1) is 37.4 Å². The minimum atomic E-state index is -1.69. The molecule has 1 aliphatic rings. The minimum absolute atomic E-state index is 0.313. The van der Waals surface area contributed by atoms with Gasteiger partial charge < -0.3 is 15.2 Å². The van der Waals surface area contributed by atoms with Gasteiger partial charge in [0, 0.05) is 0 Å². The Morgan fingerprint density at radius 1 is 1.00 bits per heavy atom. The number of hydrogen-bond donors (Lipinski definition) is 1. The molecule has 1 unspecified atom stereocenters. The van der Waals surface area contributed by atoms with Crippen molar-refractivity contribution in [3.05, 3.63) is 88.1 Å². The van der Waals surface area contributed by atoms with Gasteiger partial charge in [-0.2, -0.15) is 5.26 Å². The molecule has 2 N–H and O–H groups in total. The number of nitrogens with zero attached hydrogens (tertiary/aromatic N) is 2. The fourth-order valence-corrected chi connectivity index (χ4v) is 3.47. The molecule has 0 fully saturated rings. The zero-order chi connectivity index (χ0) is 23.6. The molecule has 0 amide bonds. The van der Waals surface area contributed by atoms with E-state index in [1.807, 2.05) is 6.07 Å². The predicted molar refractivity (Wildman–Crippen MR) is 106 cm³/mol. The Labute approximate surface area is 180 Å². The van der Waals surface area contributed by atoms with Gasteiger partial charge >= 0.3 is 11.9 Å². The Bertz CT molecular complexity index is 1200. The quantitative estimate of drug-likeness (QED) is 0.572. The molecule has 2 aromatic carbocycles. The van der Waals surface area contributed by atoms with Crippen molar-refractivity contribution in [3.8, 4) is 6.07 Å². The number of benzene rings is 2. The van der Waals surface area contributed by atoms with E-state index in [-0.39, 0.29) is 5.57 Å². The summed E-state index contributed by atoms with van der Waals surface area (Å²) in [4.78, 5) is 26.1. The van der Waals surface area contributed by atoms with Gasteiger partial charge in [-0.05, 0) is 17.7 Å². The first-order valence-electron chi connectivity index (χ1n) is 9.07. The number of nitriles is 1. The van der Waals surface area contributed by atoms with Gasteiger partial charge in [-0.1, -0.05) is 30.3 Å². The second-order valence-corrected chi connectivity index (χ2v) is 6.53. The van der Waals surface area contributed by atoms with E-state index in [2.05, 4.69) is 0 Å². The number of anilines is 1. The first-order valence-corrected chi connectivity index (χ1v) is 9.07. The summed E-state index contributed by atoms with van der Waals surface area (Å²) in [5.41, 5.74) is 3.89. The van der Waals surface area contributed by atoms with E-state index >= 15 is 0 Å². The first-order chi connectivity index (χ1) is 15.3. The van der Waals surface area contributed by atoms with Crippen LogP contribution in [0.1, 0.15) is 11.5 Å². The molecule has 0 aromatic heterocycles. The lowest BCUT2D eigenvalue weighted by molar-refractivity contribution is -0.139. The number of carbonyl (C=O) groups is 2. The van der Waals surface area contributed by atoms with Crippen molar-refractivity contribution in [1.82, 2.24) is 0 Å². The van der Waals surface area contributed by atoms with Crippen LogP contribution < -0.4 is 10.6 Å². The Morgan fingerprint density at radius 3 is 2.16 bits per heavy atom. The molecule has 2 aromatic rings. The molecule has 0 saturated carbocycles. The molecule has 3 rings (SSSR count). The molecule has 0 bridgehead atoms. The molecule has 1 aliphatic heterocycles. The maximum Gasteiger partial charge on any atom is 0.355 e. The van der Waals surface area contributed by atoms with Crippen LogP contribution in [-0.2, 0) is 19.1 Å². The molecule has 1 atom stereocenters. The average molecular weight is 443 g/mol. The van der Waals surface area contributed by atoms with Gasteiger partial charge in [0.15, 0.2) is 11.6 Å². The molecule has 32 heavy (non-hydrogen) atoms. The third kappa shape index (κ3) is 3.54. The van der Waals surface area contributed by atoms with Gasteiger partial charge in [-0.3, -0.25) is 4.90 Å². The summed E-state index contributed by atoms with van der Waals surface area (Å²) in [5, 5.41) is 9.84. The van der Waals surface area contributed by atoms with Crippen molar-refractivity contribution in [2.75, 3.05) is 19.1 Å². The summed E-state index contributed by atoms with van der Waals surface area (Å²) in [6.07, 6.45) is 0. The van der Waals surface area contributed by atoms with E-state index in [9.17, 15) is 28.0 Å². The average Bonchev–Trinajstić information content (AvgIpc) is 2.81. The number of esters is 2. The van der Waals surface area contributed by atoms with Crippen LogP contribution in [-0.4, -0.2) is 26.2 Å². The molecule has 10 heteroatoms. The minimum Gasteiger partial charge on any atom is -0.466 e. The van der Waals surface area contributed by atoms with E-state index in [4.69, 9.17) is 15.2 Å². The first kappa shape index (κ1) is 22.4. The van der Waals surface area contributed by atoms with Crippen molar-refractivity contribution >= 4 is 17.6 Å². The number of rotatable bonds is 4. The van der Waals surface area contributed by atoms with E-state index in [1.54, 1.807) is 30.3 Å². The normalized spacial score (nSPS) is 16.0. The lowest BCUT2D eigenvalue weighted by atomic mass is 9.81. The van der Waals surface area contributed by atoms with E-state index in [0.717, 1.165) is 14.2 Å². The van der Waals surface area contributed by atoms with Gasteiger partial charge in [-0.15, -0.1) is 0 Å². The zero-order valence-corrected chi connectivity index (χ0v) is 16.9. The highest BCUT2D eigenvalue weighted by atomic mass is 19.2. The second kappa shape index (κ2) is 8.85. The number of methoxy groups -OCH3 is 2. The number of carbonyl (C=O) groups excluding carboxylic acids is 2. The highest BCUT2D eigenvalue weighted by Gasteiger charge is 2.44. The molecular formula is C22H16F3N3O4. The molecule has 7 nitrogen and oxygen atoms in total. The lowest BCUT2D eigenvalue weighted by Crippen LogP contribution is -2.41. The fourth-order valence-electron chi connectivity index (χ4n) is 3.47. The van der Waals surface area contributed by atoms with Crippen molar-refractivity contribution in [2.45, 2.75) is 5.92 Å². The Balaban J connectivity index is 2.49. The molecule has 0 aliphatic carbocycles. The predicted octanol–water partition coefficient (Wildman–Crippen LogP) is 3.00. The second-order valence-electron chi connectivity index (χ2n) is 6.53. The molecule has 164 valence electrons. The standard InChI is InChI=1S/C22H16F3N3O4/c1-31-21(29)16-15(11-6-4-3-5-7-11)12(10-26)20(27)28(19(16)22(30)32-2)18-14(24)9-8-13(23)17(18)25/h3-9,15H,27H2,1-2H3. The lowest BCUT2D eigenvalue weighted by Gasteiger charge is -2.36. The van der Waals surface area contributed by atoms with Crippen LogP contribution in [0.15, 0.2) is 65.1 Å². The largest absolute Gasteiger partial charge is 0.466 e. The van der Waals surface area contributed by atoms with Crippen LogP contribution >= 0.6 is 0 Å². The molecule has 0 radical (unpaired) electrons. The van der Waals surface area contributed by atoms with Crippen molar-refractivity contribution in [1.29, 1.82) is 5.26 Å². The summed E-state index contributed by atoms with van der Waals surface area (Å²) in [6.45, 7) is 0. The number of halogens is 3. The smallest absolute Gasteiger partial charge is 0.355 e. The highest BCUT2D eigenvalue weighted by molar-refractivity contribution is 6.06. The monoisotopic (exact) mass is 443 g/mol. The van der Waals surface area contributed by atoms with Crippen molar-refractivity contribution in [2.24, 2.45) is 5.73 Å². The highest BCUT2D eigenvalue weighted by Crippen LogP contribution is 2.44. The third-order valence-corrected chi connectivity index (χ3v) is 4.85. The summed E-state index contributed by atoms with van der Waals surface area (Å²) in [5.74, 6) is -8.53. The van der Waals surface area contributed by atoms with E-state index in [0.29, 0.717) is 22.6 Å². The summed E-state index contributed by atoms with van der Waals surface area (Å²) in [7, 11) is 1.99. The van der Waals surface area contributed by atoms with Gasteiger partial charge in [0.1, 0.15) is 23.0 Å². The number of ether oxygens (including phenoxy) is 2. The van der Waals surface area contributed by atoms with Crippen molar-refractivity contribution < 1.29 is 32.2 Å². The SMILES string of the molecule is COC(=O)C1=C(C(=O)OC)N(c2c(F)ccc(F)c2F)C(N)=C(C#N)C1c1ccccc1. The topological polar surface area (TPSA) is 106 Å². The van der Waals surface area contributed by atoms with Gasteiger partial charge in [0.25, 0.3) is 0 Å². The molecular weight excluding hydrogens is 427 g/mol. The fraction of sp³-hybridized carbons (Fsp3) is 0.136. The van der Waals surface area contributed by atoms with E-state index < -0.39 is 58.1 Å². The Morgan fingerprint density at radius 2 is 1.59 bits per heavy atom. The van der Waals surface area contributed by atoms with Gasteiger partial charge in [-0.25, -0.2) is 22.8 Å². The Hall–Kier alpha value is -4.26. The van der Waals surface area contributed by atoms with Crippen LogP contribution in [0.5, 0.6) is 0 Å². The number of hydrogen-bond acceptors (Lipinski definition) is 7. The maximum atomic E-state index is 14.7. The zero-order valence-electron chi connectivity index (χ0n) is 16.9. The van der Waals surface area contributed by atoms with Crippen LogP contribution in [0.2, 0.25) is 0 Å². The Kier molecular flexibility index (Phi) is 6.20. The van der Waals surface area contributed by atoms with Gasteiger partial charge in [0.2, 0.25) is 0 Å². The number of allylic oxidation sites excluding steroid dienone is 1. The van der Waals surface area contributed by atoms with Crippen LogP contribution in [0.25, 0.3) is 0 Å². The van der Waals surface area contributed by atoms with Crippen molar-refractivity contribution in [3.63, 3.8) is 0 Å². The summed E-state index contributed by atoms with van der Waals surface area (Å²) >= 11 is 0. The van der Waals surface area contributed by atoms with Crippen LogP contribution in [0.3, 0.4) is 0 Å².